The first-order valence-electron chi connectivity index (χ1n) is 5.52. The number of carbonyl (C=O) groups is 1. The lowest BCUT2D eigenvalue weighted by Crippen LogP contribution is -2.31. The van der Waals surface area contributed by atoms with Gasteiger partial charge in [-0.05, 0) is 6.07 Å². The van der Waals surface area contributed by atoms with E-state index in [1.165, 1.54) is 0 Å². The standard InChI is InChI=1S/C10H17N5O/c11-9-1-5-15(13-9)8-7-14-4-2-10(16)12-3-6-14/h1,5H,2-4,6-8H2,(H2,11,13)(H,12,16). The molecule has 1 aliphatic heterocycles. The fourth-order valence-electron chi connectivity index (χ4n) is 1.78. The van der Waals surface area contributed by atoms with Crippen LogP contribution in [0.15, 0.2) is 12.3 Å². The van der Waals surface area contributed by atoms with E-state index >= 15 is 0 Å². The number of rotatable bonds is 3. The van der Waals surface area contributed by atoms with Crippen molar-refractivity contribution in [3.63, 3.8) is 0 Å². The Bertz CT molecular complexity index is 362. The summed E-state index contributed by atoms with van der Waals surface area (Å²) in [6.07, 6.45) is 2.46. The van der Waals surface area contributed by atoms with Crippen molar-refractivity contribution < 1.29 is 4.79 Å². The number of aromatic nitrogens is 2. The van der Waals surface area contributed by atoms with Crippen LogP contribution in [0.5, 0.6) is 0 Å². The molecule has 0 saturated carbocycles. The zero-order valence-electron chi connectivity index (χ0n) is 9.22. The SMILES string of the molecule is Nc1ccn(CCN2CCNC(=O)CC2)n1. The lowest BCUT2D eigenvalue weighted by Gasteiger charge is -2.18. The molecule has 0 bridgehead atoms. The Morgan fingerprint density at radius 3 is 3.06 bits per heavy atom. The fraction of sp³-hybridized carbons (Fsp3) is 0.600. The van der Waals surface area contributed by atoms with Crippen LogP contribution in [0.2, 0.25) is 0 Å². The largest absolute Gasteiger partial charge is 0.382 e. The quantitative estimate of drug-likeness (QED) is 0.709. The van der Waals surface area contributed by atoms with Crippen LogP contribution in [-0.4, -0.2) is 46.8 Å². The topological polar surface area (TPSA) is 76.2 Å². The van der Waals surface area contributed by atoms with Crippen LogP contribution in [0.25, 0.3) is 0 Å². The van der Waals surface area contributed by atoms with Gasteiger partial charge >= 0.3 is 0 Å². The van der Waals surface area contributed by atoms with E-state index in [-0.39, 0.29) is 5.91 Å². The van der Waals surface area contributed by atoms with Crippen LogP contribution >= 0.6 is 0 Å². The van der Waals surface area contributed by atoms with Crippen molar-refractivity contribution in [2.75, 3.05) is 31.9 Å². The van der Waals surface area contributed by atoms with E-state index in [9.17, 15) is 4.79 Å². The van der Waals surface area contributed by atoms with Gasteiger partial charge in [-0.25, -0.2) is 0 Å². The normalized spacial score (nSPS) is 18.1. The number of nitrogens with zero attached hydrogens (tertiary/aromatic N) is 3. The van der Waals surface area contributed by atoms with Crippen molar-refractivity contribution >= 4 is 11.7 Å². The molecule has 6 nitrogen and oxygen atoms in total. The van der Waals surface area contributed by atoms with Crippen molar-refractivity contribution in [2.45, 2.75) is 13.0 Å². The molecule has 1 aromatic heterocycles. The molecule has 0 spiro atoms. The average Bonchev–Trinajstić information content (AvgIpc) is 2.56. The van der Waals surface area contributed by atoms with Gasteiger partial charge in [0, 0.05) is 38.8 Å². The molecule has 0 atom stereocenters. The fourth-order valence-corrected chi connectivity index (χ4v) is 1.78. The number of nitrogens with two attached hydrogens (primary N) is 1. The Morgan fingerprint density at radius 2 is 2.31 bits per heavy atom. The predicted molar refractivity (Wildman–Crippen MR) is 60.7 cm³/mol. The molecule has 0 radical (unpaired) electrons. The Morgan fingerprint density at radius 1 is 1.44 bits per heavy atom. The lowest BCUT2D eigenvalue weighted by molar-refractivity contribution is -0.120. The number of anilines is 1. The molecule has 1 aromatic rings. The molecule has 3 N–H and O–H groups in total. The summed E-state index contributed by atoms with van der Waals surface area (Å²) in [5.74, 6) is 0.693. The van der Waals surface area contributed by atoms with Gasteiger partial charge in [0.1, 0.15) is 5.82 Å². The predicted octanol–water partition coefficient (Wildman–Crippen LogP) is -0.713. The minimum absolute atomic E-state index is 0.144. The number of hydrogen-bond acceptors (Lipinski definition) is 4. The molecule has 1 aliphatic rings. The third-order valence-electron chi connectivity index (χ3n) is 2.71. The molecular formula is C10H17N5O. The van der Waals surface area contributed by atoms with Crippen LogP contribution in [0.4, 0.5) is 5.82 Å². The second-order valence-corrected chi connectivity index (χ2v) is 3.95. The van der Waals surface area contributed by atoms with Gasteiger partial charge in [-0.2, -0.15) is 5.10 Å². The highest BCUT2D eigenvalue weighted by Crippen LogP contribution is 1.99. The monoisotopic (exact) mass is 223 g/mol. The first-order valence-corrected chi connectivity index (χ1v) is 5.52. The minimum atomic E-state index is 0.144. The molecule has 0 aromatic carbocycles. The maximum absolute atomic E-state index is 11.1. The first kappa shape index (κ1) is 10.9. The number of carbonyl (C=O) groups excluding carboxylic acids is 1. The van der Waals surface area contributed by atoms with Gasteiger partial charge in [-0.1, -0.05) is 0 Å². The molecule has 88 valence electrons. The van der Waals surface area contributed by atoms with E-state index in [1.54, 1.807) is 6.07 Å². The van der Waals surface area contributed by atoms with Crippen LogP contribution in [0.3, 0.4) is 0 Å². The molecule has 6 heteroatoms. The summed E-state index contributed by atoms with van der Waals surface area (Å²) in [4.78, 5) is 13.4. The van der Waals surface area contributed by atoms with Crippen molar-refractivity contribution in [1.29, 1.82) is 0 Å². The molecule has 0 aliphatic carbocycles. The lowest BCUT2D eigenvalue weighted by atomic mass is 10.4. The van der Waals surface area contributed by atoms with Gasteiger partial charge in [0.15, 0.2) is 0 Å². The van der Waals surface area contributed by atoms with E-state index in [0.717, 1.165) is 32.7 Å². The highest BCUT2D eigenvalue weighted by molar-refractivity contribution is 5.76. The van der Waals surface area contributed by atoms with E-state index in [0.29, 0.717) is 12.2 Å². The third kappa shape index (κ3) is 2.96. The van der Waals surface area contributed by atoms with Crippen LogP contribution in [0, 0.1) is 0 Å². The van der Waals surface area contributed by atoms with E-state index in [4.69, 9.17) is 5.73 Å². The van der Waals surface area contributed by atoms with Crippen molar-refractivity contribution in [1.82, 2.24) is 20.0 Å². The summed E-state index contributed by atoms with van der Waals surface area (Å²) >= 11 is 0. The molecule has 1 amide bonds. The molecule has 0 unspecified atom stereocenters. The van der Waals surface area contributed by atoms with Gasteiger partial charge < -0.3 is 11.1 Å². The number of amides is 1. The average molecular weight is 223 g/mol. The van der Waals surface area contributed by atoms with Crippen molar-refractivity contribution in [2.24, 2.45) is 0 Å². The van der Waals surface area contributed by atoms with Crippen LogP contribution in [-0.2, 0) is 11.3 Å². The summed E-state index contributed by atoms with van der Waals surface area (Å²) in [7, 11) is 0. The van der Waals surface area contributed by atoms with Gasteiger partial charge in [0.05, 0.1) is 6.54 Å². The van der Waals surface area contributed by atoms with Gasteiger partial charge in [0.25, 0.3) is 0 Å². The smallest absolute Gasteiger partial charge is 0.221 e. The van der Waals surface area contributed by atoms with Gasteiger partial charge in [-0.15, -0.1) is 0 Å². The number of hydrogen-bond donors (Lipinski definition) is 2. The summed E-state index contributed by atoms with van der Waals surface area (Å²) < 4.78 is 1.83. The highest BCUT2D eigenvalue weighted by atomic mass is 16.1. The third-order valence-corrected chi connectivity index (χ3v) is 2.71. The summed E-state index contributed by atoms with van der Waals surface area (Å²) in [5, 5.41) is 6.97. The molecular weight excluding hydrogens is 206 g/mol. The Kier molecular flexibility index (Phi) is 3.40. The number of nitrogens with one attached hydrogen (secondary N) is 1. The highest BCUT2D eigenvalue weighted by Gasteiger charge is 2.12. The minimum Gasteiger partial charge on any atom is -0.382 e. The van der Waals surface area contributed by atoms with E-state index < -0.39 is 0 Å². The Labute approximate surface area is 94.4 Å². The Balaban J connectivity index is 1.79. The maximum Gasteiger partial charge on any atom is 0.221 e. The molecule has 1 fully saturated rings. The molecule has 2 heterocycles. The Hall–Kier alpha value is -1.56. The second kappa shape index (κ2) is 4.98. The number of nitrogen functional groups attached to an aromatic ring is 1. The maximum atomic E-state index is 11.1. The summed E-state index contributed by atoms with van der Waals surface area (Å²) in [6, 6.07) is 1.79. The van der Waals surface area contributed by atoms with E-state index in [1.807, 2.05) is 10.9 Å². The van der Waals surface area contributed by atoms with E-state index in [2.05, 4.69) is 15.3 Å². The van der Waals surface area contributed by atoms with Crippen LogP contribution < -0.4 is 11.1 Å². The molecule has 16 heavy (non-hydrogen) atoms. The zero-order chi connectivity index (χ0) is 11.4. The van der Waals surface area contributed by atoms with Gasteiger partial charge in [-0.3, -0.25) is 14.4 Å². The second-order valence-electron chi connectivity index (χ2n) is 3.95. The van der Waals surface area contributed by atoms with Crippen molar-refractivity contribution in [3.05, 3.63) is 12.3 Å². The summed E-state index contributed by atoms with van der Waals surface area (Å²) in [6.45, 7) is 4.17. The molecule has 2 rings (SSSR count). The van der Waals surface area contributed by atoms with Crippen LogP contribution in [0.1, 0.15) is 6.42 Å². The van der Waals surface area contributed by atoms with Gasteiger partial charge in [0.2, 0.25) is 5.91 Å². The summed E-state index contributed by atoms with van der Waals surface area (Å²) in [5.41, 5.74) is 5.53. The first-order chi connectivity index (χ1) is 7.74. The van der Waals surface area contributed by atoms with Crippen molar-refractivity contribution in [3.8, 4) is 0 Å². The zero-order valence-corrected chi connectivity index (χ0v) is 9.22. The molecule has 1 saturated heterocycles.